The summed E-state index contributed by atoms with van der Waals surface area (Å²) in [6.07, 6.45) is -1.02. The lowest BCUT2D eigenvalue weighted by Gasteiger charge is -2.20. The van der Waals surface area contributed by atoms with Gasteiger partial charge < -0.3 is 15.5 Å². The number of hydrogen-bond acceptors (Lipinski definition) is 5. The summed E-state index contributed by atoms with van der Waals surface area (Å²) in [5, 5.41) is 0. The third-order valence-corrected chi connectivity index (χ3v) is 4.35. The average Bonchev–Trinajstić information content (AvgIpc) is 2.72. The summed E-state index contributed by atoms with van der Waals surface area (Å²) in [5.41, 5.74) is 7.27. The maximum atomic E-state index is 12.7. The van der Waals surface area contributed by atoms with Gasteiger partial charge in [-0.2, -0.15) is 23.1 Å². The van der Waals surface area contributed by atoms with Gasteiger partial charge in [0.1, 0.15) is 5.82 Å². The van der Waals surface area contributed by atoms with Crippen molar-refractivity contribution in [2.75, 3.05) is 23.9 Å². The summed E-state index contributed by atoms with van der Waals surface area (Å²) in [4.78, 5) is 20.3. The van der Waals surface area contributed by atoms with Crippen molar-refractivity contribution in [1.82, 2.24) is 15.0 Å². The third kappa shape index (κ3) is 4.83. The second-order valence-electron chi connectivity index (χ2n) is 6.51. The fourth-order valence-corrected chi connectivity index (χ4v) is 2.63. The summed E-state index contributed by atoms with van der Waals surface area (Å²) in [5.74, 6) is 0.770. The maximum Gasteiger partial charge on any atom is 0.416 e. The Labute approximate surface area is 171 Å². The van der Waals surface area contributed by atoms with Crippen molar-refractivity contribution in [3.05, 3.63) is 66.1 Å². The fourth-order valence-electron chi connectivity index (χ4n) is 2.63. The van der Waals surface area contributed by atoms with E-state index in [1.54, 1.807) is 32.4 Å². The molecule has 3 aromatic rings. The SMILES string of the molecule is Cc1cc(N(C)c2cccnc2)nc(/N=C(/N)N(C)c2ccc(C(F)(F)F)cc2)n1. The molecular weight excluding hydrogens is 395 g/mol. The highest BCUT2D eigenvalue weighted by atomic mass is 19.4. The molecule has 0 unspecified atom stereocenters. The van der Waals surface area contributed by atoms with E-state index in [-0.39, 0.29) is 11.9 Å². The van der Waals surface area contributed by atoms with Crippen LogP contribution in [0.2, 0.25) is 0 Å². The van der Waals surface area contributed by atoms with Gasteiger partial charge in [0.15, 0.2) is 0 Å². The van der Waals surface area contributed by atoms with E-state index in [2.05, 4.69) is 19.9 Å². The summed E-state index contributed by atoms with van der Waals surface area (Å²) in [7, 11) is 3.43. The van der Waals surface area contributed by atoms with Crippen molar-refractivity contribution in [3.8, 4) is 0 Å². The second kappa shape index (κ2) is 8.36. The van der Waals surface area contributed by atoms with Gasteiger partial charge in [-0.05, 0) is 43.3 Å². The van der Waals surface area contributed by atoms with E-state index in [4.69, 9.17) is 5.73 Å². The molecule has 0 radical (unpaired) electrons. The van der Waals surface area contributed by atoms with Crippen LogP contribution < -0.4 is 15.5 Å². The van der Waals surface area contributed by atoms with Gasteiger partial charge in [-0.25, -0.2) is 4.98 Å². The van der Waals surface area contributed by atoms with Gasteiger partial charge >= 0.3 is 6.18 Å². The van der Waals surface area contributed by atoms with Crippen LogP contribution in [-0.2, 0) is 6.18 Å². The first-order chi connectivity index (χ1) is 14.1. The third-order valence-electron chi connectivity index (χ3n) is 4.35. The number of nitrogens with two attached hydrogens (primary N) is 1. The van der Waals surface area contributed by atoms with E-state index in [9.17, 15) is 13.2 Å². The summed E-state index contributed by atoms with van der Waals surface area (Å²) < 4.78 is 38.2. The number of halogens is 3. The van der Waals surface area contributed by atoms with Gasteiger partial charge in [0.05, 0.1) is 17.4 Å². The van der Waals surface area contributed by atoms with Crippen molar-refractivity contribution in [2.45, 2.75) is 13.1 Å². The molecule has 0 spiro atoms. The molecule has 0 amide bonds. The molecule has 2 heterocycles. The molecule has 2 N–H and O–H groups in total. The topological polar surface area (TPSA) is 83.5 Å². The monoisotopic (exact) mass is 415 g/mol. The smallest absolute Gasteiger partial charge is 0.369 e. The minimum atomic E-state index is -4.40. The van der Waals surface area contributed by atoms with Crippen molar-refractivity contribution in [3.63, 3.8) is 0 Å². The Morgan fingerprint density at radius 2 is 1.73 bits per heavy atom. The summed E-state index contributed by atoms with van der Waals surface area (Å²) in [6, 6.07) is 10.1. The molecule has 156 valence electrons. The molecule has 7 nitrogen and oxygen atoms in total. The number of benzene rings is 1. The molecule has 0 saturated heterocycles. The lowest BCUT2D eigenvalue weighted by Crippen LogP contribution is -2.33. The van der Waals surface area contributed by atoms with Crippen molar-refractivity contribution in [2.24, 2.45) is 10.7 Å². The molecule has 0 saturated carbocycles. The van der Waals surface area contributed by atoms with Crippen molar-refractivity contribution >= 4 is 29.1 Å². The highest BCUT2D eigenvalue weighted by molar-refractivity contribution is 5.95. The molecule has 30 heavy (non-hydrogen) atoms. The normalized spacial score (nSPS) is 12.0. The van der Waals surface area contributed by atoms with E-state index >= 15 is 0 Å². The number of aliphatic imine (C=N–C) groups is 1. The molecule has 1 aromatic carbocycles. The number of anilines is 3. The van der Waals surface area contributed by atoms with Crippen LogP contribution in [0.25, 0.3) is 0 Å². The van der Waals surface area contributed by atoms with E-state index in [0.29, 0.717) is 17.2 Å². The summed E-state index contributed by atoms with van der Waals surface area (Å²) in [6.45, 7) is 1.80. The first-order valence-corrected chi connectivity index (χ1v) is 8.90. The predicted octanol–water partition coefficient (Wildman–Crippen LogP) is 4.05. The highest BCUT2D eigenvalue weighted by Crippen LogP contribution is 2.30. The molecule has 0 aliphatic rings. The average molecular weight is 415 g/mol. The van der Waals surface area contributed by atoms with Crippen LogP contribution in [-0.4, -0.2) is 35.0 Å². The number of pyridine rings is 1. The minimum Gasteiger partial charge on any atom is -0.369 e. The van der Waals surface area contributed by atoms with Crippen molar-refractivity contribution in [1.29, 1.82) is 0 Å². The van der Waals surface area contributed by atoms with Crippen LogP contribution in [0.1, 0.15) is 11.3 Å². The zero-order chi connectivity index (χ0) is 21.9. The zero-order valence-electron chi connectivity index (χ0n) is 16.6. The number of hydrogen-bond donors (Lipinski definition) is 1. The Bertz CT molecular complexity index is 1030. The van der Waals surface area contributed by atoms with Gasteiger partial charge in [0, 0.05) is 37.7 Å². The van der Waals surface area contributed by atoms with Crippen LogP contribution in [0.5, 0.6) is 0 Å². The van der Waals surface area contributed by atoms with Crippen LogP contribution in [0.3, 0.4) is 0 Å². The lowest BCUT2D eigenvalue weighted by atomic mass is 10.2. The summed E-state index contributed by atoms with van der Waals surface area (Å²) >= 11 is 0. The molecule has 0 fully saturated rings. The van der Waals surface area contributed by atoms with E-state index in [0.717, 1.165) is 17.8 Å². The molecule has 0 aliphatic carbocycles. The Morgan fingerprint density at radius 1 is 1.03 bits per heavy atom. The highest BCUT2D eigenvalue weighted by Gasteiger charge is 2.30. The fraction of sp³-hybridized carbons (Fsp3) is 0.200. The predicted molar refractivity (Wildman–Crippen MR) is 110 cm³/mol. The van der Waals surface area contributed by atoms with E-state index < -0.39 is 11.7 Å². The Kier molecular flexibility index (Phi) is 5.86. The Morgan fingerprint density at radius 3 is 2.33 bits per heavy atom. The maximum absolute atomic E-state index is 12.7. The number of nitrogens with zero attached hydrogens (tertiary/aromatic N) is 6. The lowest BCUT2D eigenvalue weighted by molar-refractivity contribution is -0.137. The van der Waals surface area contributed by atoms with Crippen LogP contribution in [0, 0.1) is 6.92 Å². The van der Waals surface area contributed by atoms with Gasteiger partial charge in [0.2, 0.25) is 5.96 Å². The van der Waals surface area contributed by atoms with Gasteiger partial charge in [-0.3, -0.25) is 4.98 Å². The van der Waals surface area contributed by atoms with Gasteiger partial charge in [0.25, 0.3) is 5.95 Å². The van der Waals surface area contributed by atoms with Crippen molar-refractivity contribution < 1.29 is 13.2 Å². The molecule has 10 heteroatoms. The first kappa shape index (κ1) is 21.0. The quantitative estimate of drug-likeness (QED) is 0.511. The number of alkyl halides is 3. The largest absolute Gasteiger partial charge is 0.416 e. The van der Waals surface area contributed by atoms with Gasteiger partial charge in [-0.15, -0.1) is 0 Å². The Hall–Kier alpha value is -3.69. The number of guanidine groups is 1. The molecule has 0 bridgehead atoms. The molecule has 2 aromatic heterocycles. The molecular formula is C20H20F3N7. The van der Waals surface area contributed by atoms with E-state index in [1.165, 1.54) is 17.0 Å². The van der Waals surface area contributed by atoms with Crippen LogP contribution in [0.15, 0.2) is 59.9 Å². The van der Waals surface area contributed by atoms with Crippen LogP contribution >= 0.6 is 0 Å². The Balaban J connectivity index is 1.86. The number of aromatic nitrogens is 3. The van der Waals surface area contributed by atoms with E-state index in [1.807, 2.05) is 24.1 Å². The molecule has 3 rings (SSSR count). The molecule has 0 aliphatic heterocycles. The minimum absolute atomic E-state index is 0.0374. The number of rotatable bonds is 4. The van der Waals surface area contributed by atoms with Gasteiger partial charge in [-0.1, -0.05) is 0 Å². The number of aryl methyl sites for hydroxylation is 1. The standard InChI is InChI=1S/C20H20F3N7/c1-13-11-17(29(2)16-5-4-10-25-12-16)27-19(26-13)28-18(24)30(3)15-8-6-14(7-9-15)20(21,22)23/h4-12H,1-3H3,(H2,24,26,27,28). The molecule has 0 atom stereocenters. The zero-order valence-corrected chi connectivity index (χ0v) is 16.6. The van der Waals surface area contributed by atoms with Crippen LogP contribution in [0.4, 0.5) is 36.3 Å². The second-order valence-corrected chi connectivity index (χ2v) is 6.51. The first-order valence-electron chi connectivity index (χ1n) is 8.90.